The van der Waals surface area contributed by atoms with E-state index in [0.717, 1.165) is 31.9 Å². The third-order valence-electron chi connectivity index (χ3n) is 5.01. The summed E-state index contributed by atoms with van der Waals surface area (Å²) in [5.74, 6) is 2.88. The summed E-state index contributed by atoms with van der Waals surface area (Å²) in [7, 11) is 0. The highest BCUT2D eigenvalue weighted by Gasteiger charge is 2.19. The predicted octanol–water partition coefficient (Wildman–Crippen LogP) is 2.54. The molecule has 0 spiro atoms. The molecule has 2 aromatic carbocycles. The topological polar surface area (TPSA) is 107 Å². The van der Waals surface area contributed by atoms with Gasteiger partial charge in [0.15, 0.2) is 11.5 Å². The maximum absolute atomic E-state index is 9.84. The molecule has 0 bridgehead atoms. The SMILES string of the molecule is Cc1nc(Nc2ccc(Oc3ccccc3O)cc2)nc(N2CCN(CCO)CC2)n1. The minimum atomic E-state index is 0.0927. The van der Waals surface area contributed by atoms with Gasteiger partial charge in [0, 0.05) is 38.4 Å². The van der Waals surface area contributed by atoms with E-state index < -0.39 is 0 Å². The largest absolute Gasteiger partial charge is 0.504 e. The van der Waals surface area contributed by atoms with Crippen LogP contribution in [0.3, 0.4) is 0 Å². The maximum atomic E-state index is 9.84. The average molecular weight is 422 g/mol. The molecule has 0 unspecified atom stereocenters. The van der Waals surface area contributed by atoms with Gasteiger partial charge in [-0.1, -0.05) is 12.1 Å². The molecule has 9 heteroatoms. The molecule has 4 rings (SSSR count). The third kappa shape index (κ3) is 5.39. The van der Waals surface area contributed by atoms with E-state index in [1.54, 1.807) is 24.3 Å². The number of aryl methyl sites for hydroxylation is 1. The van der Waals surface area contributed by atoms with Crippen LogP contribution in [0.25, 0.3) is 0 Å². The van der Waals surface area contributed by atoms with Gasteiger partial charge in [-0.3, -0.25) is 4.90 Å². The molecule has 9 nitrogen and oxygen atoms in total. The maximum Gasteiger partial charge on any atom is 0.232 e. The van der Waals surface area contributed by atoms with Crippen molar-refractivity contribution >= 4 is 17.6 Å². The van der Waals surface area contributed by atoms with Crippen molar-refractivity contribution in [1.82, 2.24) is 19.9 Å². The lowest BCUT2D eigenvalue weighted by Crippen LogP contribution is -2.47. The zero-order valence-corrected chi connectivity index (χ0v) is 17.4. The van der Waals surface area contributed by atoms with Crippen molar-refractivity contribution in [2.24, 2.45) is 0 Å². The van der Waals surface area contributed by atoms with Gasteiger partial charge < -0.3 is 25.2 Å². The minimum Gasteiger partial charge on any atom is -0.504 e. The highest BCUT2D eigenvalue weighted by atomic mass is 16.5. The molecule has 162 valence electrons. The van der Waals surface area contributed by atoms with E-state index in [1.165, 1.54) is 0 Å². The van der Waals surface area contributed by atoms with E-state index in [9.17, 15) is 5.11 Å². The molecular weight excluding hydrogens is 396 g/mol. The number of rotatable bonds is 7. The second-order valence-electron chi connectivity index (χ2n) is 7.28. The molecule has 1 aliphatic heterocycles. The van der Waals surface area contributed by atoms with Gasteiger partial charge in [0.05, 0.1) is 6.61 Å². The van der Waals surface area contributed by atoms with Gasteiger partial charge >= 0.3 is 0 Å². The highest BCUT2D eigenvalue weighted by Crippen LogP contribution is 2.30. The number of aromatic hydroxyl groups is 1. The van der Waals surface area contributed by atoms with E-state index in [4.69, 9.17) is 9.84 Å². The minimum absolute atomic E-state index is 0.0927. The van der Waals surface area contributed by atoms with Crippen LogP contribution in [0.5, 0.6) is 17.2 Å². The molecule has 31 heavy (non-hydrogen) atoms. The molecule has 3 aromatic rings. The highest BCUT2D eigenvalue weighted by molar-refractivity contribution is 5.56. The van der Waals surface area contributed by atoms with Crippen molar-refractivity contribution < 1.29 is 14.9 Å². The zero-order chi connectivity index (χ0) is 21.6. The molecule has 0 amide bonds. The van der Waals surface area contributed by atoms with E-state index in [2.05, 4.69) is 30.1 Å². The number of β-amino-alcohol motifs (C(OH)–C–C–N with tert-alkyl or cyclic N) is 1. The zero-order valence-electron chi connectivity index (χ0n) is 17.4. The van der Waals surface area contributed by atoms with Crippen molar-refractivity contribution in [1.29, 1.82) is 0 Å². The summed E-state index contributed by atoms with van der Waals surface area (Å²) in [6, 6.07) is 14.2. The number of anilines is 3. The molecular formula is C22H26N6O3. The molecule has 1 saturated heterocycles. The van der Waals surface area contributed by atoms with E-state index in [1.807, 2.05) is 31.2 Å². The molecule has 1 aromatic heterocycles. The number of phenolic OH excluding ortho intramolecular Hbond substituents is 1. The summed E-state index contributed by atoms with van der Waals surface area (Å²) < 4.78 is 5.71. The Morgan fingerprint density at radius 2 is 1.71 bits per heavy atom. The standard InChI is InChI=1S/C22H26N6O3/c1-16-23-21(26-22(24-16)28-12-10-27(11-13-28)14-15-29)25-17-6-8-18(9-7-17)31-20-5-3-2-4-19(20)30/h2-9,29-30H,10-15H2,1H3,(H,23,24,25,26). The lowest BCUT2D eigenvalue weighted by atomic mass is 10.3. The van der Waals surface area contributed by atoms with Crippen molar-refractivity contribution in [3.63, 3.8) is 0 Å². The number of aliphatic hydroxyl groups excluding tert-OH is 1. The van der Waals surface area contributed by atoms with Crippen LogP contribution < -0.4 is 15.0 Å². The second-order valence-corrected chi connectivity index (χ2v) is 7.28. The van der Waals surface area contributed by atoms with Gasteiger partial charge in [-0.25, -0.2) is 0 Å². The summed E-state index contributed by atoms with van der Waals surface area (Å²) in [5.41, 5.74) is 0.814. The van der Waals surface area contributed by atoms with Crippen LogP contribution in [-0.4, -0.2) is 69.4 Å². The van der Waals surface area contributed by atoms with Crippen molar-refractivity contribution in [2.75, 3.05) is 49.5 Å². The Bertz CT molecular complexity index is 1010. The van der Waals surface area contributed by atoms with E-state index in [0.29, 0.717) is 35.8 Å². The van der Waals surface area contributed by atoms with Gasteiger partial charge in [-0.15, -0.1) is 0 Å². The fourth-order valence-electron chi connectivity index (χ4n) is 3.38. The van der Waals surface area contributed by atoms with Gasteiger partial charge in [0.2, 0.25) is 11.9 Å². The molecule has 0 atom stereocenters. The van der Waals surface area contributed by atoms with Crippen molar-refractivity contribution in [3.8, 4) is 17.2 Å². The van der Waals surface area contributed by atoms with Gasteiger partial charge in [0.1, 0.15) is 11.6 Å². The first-order chi connectivity index (χ1) is 15.1. The Kier molecular flexibility index (Phi) is 6.44. The monoisotopic (exact) mass is 422 g/mol. The number of piperazine rings is 1. The van der Waals surface area contributed by atoms with Crippen LogP contribution in [0.15, 0.2) is 48.5 Å². The quantitative estimate of drug-likeness (QED) is 0.529. The van der Waals surface area contributed by atoms with Crippen LogP contribution in [0.4, 0.5) is 17.6 Å². The predicted molar refractivity (Wildman–Crippen MR) is 118 cm³/mol. The fourth-order valence-corrected chi connectivity index (χ4v) is 3.38. The number of hydrogen-bond donors (Lipinski definition) is 3. The van der Waals surface area contributed by atoms with Gasteiger partial charge in [-0.05, 0) is 43.3 Å². The Labute approximate surface area is 181 Å². The summed E-state index contributed by atoms with van der Waals surface area (Å²) in [6.07, 6.45) is 0. The molecule has 3 N–H and O–H groups in total. The molecule has 1 aliphatic rings. The Hall–Kier alpha value is -3.43. The number of ether oxygens (including phenoxy) is 1. The molecule has 0 radical (unpaired) electrons. The summed E-state index contributed by atoms with van der Waals surface area (Å²) in [6.45, 7) is 6.07. The van der Waals surface area contributed by atoms with Crippen LogP contribution in [0.2, 0.25) is 0 Å². The lowest BCUT2D eigenvalue weighted by Gasteiger charge is -2.34. The van der Waals surface area contributed by atoms with Crippen molar-refractivity contribution in [3.05, 3.63) is 54.4 Å². The first kappa shape index (κ1) is 20.8. The first-order valence-electron chi connectivity index (χ1n) is 10.2. The summed E-state index contributed by atoms with van der Waals surface area (Å²) >= 11 is 0. The number of para-hydroxylation sites is 2. The van der Waals surface area contributed by atoms with Crippen molar-refractivity contribution in [2.45, 2.75) is 6.92 Å². The Morgan fingerprint density at radius 3 is 2.42 bits per heavy atom. The van der Waals surface area contributed by atoms with Gasteiger partial charge in [0.25, 0.3) is 0 Å². The van der Waals surface area contributed by atoms with E-state index >= 15 is 0 Å². The number of benzene rings is 2. The third-order valence-corrected chi connectivity index (χ3v) is 5.01. The van der Waals surface area contributed by atoms with Crippen LogP contribution in [0, 0.1) is 6.92 Å². The molecule has 0 aliphatic carbocycles. The lowest BCUT2D eigenvalue weighted by molar-refractivity contribution is 0.188. The first-order valence-corrected chi connectivity index (χ1v) is 10.2. The molecule has 2 heterocycles. The number of hydrogen-bond acceptors (Lipinski definition) is 9. The summed E-state index contributed by atoms with van der Waals surface area (Å²) in [4.78, 5) is 17.8. The average Bonchev–Trinajstić information content (AvgIpc) is 2.77. The fraction of sp³-hybridized carbons (Fsp3) is 0.318. The van der Waals surface area contributed by atoms with E-state index in [-0.39, 0.29) is 12.4 Å². The molecule has 1 fully saturated rings. The number of nitrogens with one attached hydrogen (secondary N) is 1. The van der Waals surface area contributed by atoms with Crippen LogP contribution >= 0.6 is 0 Å². The number of aliphatic hydroxyl groups is 1. The Balaban J connectivity index is 1.42. The summed E-state index contributed by atoms with van der Waals surface area (Å²) in [5, 5.41) is 22.2. The second kappa shape index (κ2) is 9.59. The molecule has 0 saturated carbocycles. The Morgan fingerprint density at radius 1 is 0.968 bits per heavy atom. The normalized spacial score (nSPS) is 14.5. The van der Waals surface area contributed by atoms with Gasteiger partial charge in [-0.2, -0.15) is 15.0 Å². The van der Waals surface area contributed by atoms with Crippen LogP contribution in [0.1, 0.15) is 5.82 Å². The number of nitrogens with zero attached hydrogens (tertiary/aromatic N) is 5. The number of phenols is 1. The van der Waals surface area contributed by atoms with Crippen LogP contribution in [-0.2, 0) is 0 Å². The number of aromatic nitrogens is 3. The smallest absolute Gasteiger partial charge is 0.232 e.